The Morgan fingerprint density at radius 1 is 0.964 bits per heavy atom. The molecule has 0 fully saturated rings. The number of aromatic amines is 1. The standard InChI is InChI=1S/C16H15N3OS.C7H16/c1-10-7-15(20)19-16(17-10)21-9-13-8-12-5-3-4-6-14(12)18-11(13)2;1-3-5-7-6-4-2/h3-8H,9H2,1-2H3,(H,17,19,20);3-7H2,1-2H3. The molecule has 1 aromatic carbocycles. The number of unbranched alkanes of at least 4 members (excludes halogenated alkanes) is 4. The van der Waals surface area contributed by atoms with Crippen LogP contribution in [-0.4, -0.2) is 15.0 Å². The van der Waals surface area contributed by atoms with Gasteiger partial charge in [0.15, 0.2) is 5.16 Å². The lowest BCUT2D eigenvalue weighted by Crippen LogP contribution is -2.08. The van der Waals surface area contributed by atoms with E-state index in [0.717, 1.165) is 33.6 Å². The fourth-order valence-electron chi connectivity index (χ4n) is 2.84. The summed E-state index contributed by atoms with van der Waals surface area (Å²) in [7, 11) is 0. The van der Waals surface area contributed by atoms with Crippen LogP contribution in [0.15, 0.2) is 46.3 Å². The average Bonchev–Trinajstić information content (AvgIpc) is 2.66. The number of benzene rings is 1. The highest BCUT2D eigenvalue weighted by atomic mass is 32.2. The molecular weight excluding hydrogens is 366 g/mol. The summed E-state index contributed by atoms with van der Waals surface area (Å²) in [5.74, 6) is 0.732. The normalized spacial score (nSPS) is 10.6. The molecule has 4 nitrogen and oxygen atoms in total. The van der Waals surface area contributed by atoms with Gasteiger partial charge in [-0.15, -0.1) is 0 Å². The van der Waals surface area contributed by atoms with E-state index in [1.807, 2.05) is 32.0 Å². The van der Waals surface area contributed by atoms with Crippen LogP contribution in [0.5, 0.6) is 0 Å². The van der Waals surface area contributed by atoms with Crippen molar-refractivity contribution in [3.8, 4) is 0 Å². The molecule has 0 radical (unpaired) electrons. The lowest BCUT2D eigenvalue weighted by molar-refractivity contribution is 0.656. The zero-order valence-electron chi connectivity index (χ0n) is 17.4. The van der Waals surface area contributed by atoms with E-state index in [0.29, 0.717) is 5.16 Å². The fraction of sp³-hybridized carbons (Fsp3) is 0.435. The predicted octanol–water partition coefficient (Wildman–Crippen LogP) is 6.20. The third kappa shape index (κ3) is 7.12. The van der Waals surface area contributed by atoms with Gasteiger partial charge in [-0.3, -0.25) is 9.78 Å². The van der Waals surface area contributed by atoms with Crippen molar-refractivity contribution in [1.29, 1.82) is 0 Å². The molecule has 0 unspecified atom stereocenters. The second kappa shape index (κ2) is 11.6. The highest BCUT2D eigenvalue weighted by molar-refractivity contribution is 7.98. The largest absolute Gasteiger partial charge is 0.301 e. The minimum atomic E-state index is -0.113. The number of pyridine rings is 1. The van der Waals surface area contributed by atoms with Gasteiger partial charge in [0, 0.05) is 28.6 Å². The predicted molar refractivity (Wildman–Crippen MR) is 120 cm³/mol. The Balaban J connectivity index is 0.000000345. The van der Waals surface area contributed by atoms with Crippen molar-refractivity contribution in [2.24, 2.45) is 0 Å². The van der Waals surface area contributed by atoms with Crippen LogP contribution in [0.4, 0.5) is 0 Å². The van der Waals surface area contributed by atoms with Gasteiger partial charge in [-0.05, 0) is 31.5 Å². The van der Waals surface area contributed by atoms with Crippen LogP contribution in [0, 0.1) is 13.8 Å². The lowest BCUT2D eigenvalue weighted by atomic mass is 10.1. The fourth-order valence-corrected chi connectivity index (χ4v) is 3.81. The zero-order chi connectivity index (χ0) is 20.4. The first-order valence-electron chi connectivity index (χ1n) is 10.1. The number of nitrogens with zero attached hydrogens (tertiary/aromatic N) is 2. The number of hydrogen-bond donors (Lipinski definition) is 1. The first kappa shape index (κ1) is 22.2. The molecule has 3 rings (SSSR count). The summed E-state index contributed by atoms with van der Waals surface area (Å²) >= 11 is 1.52. The van der Waals surface area contributed by atoms with E-state index in [1.54, 1.807) is 0 Å². The van der Waals surface area contributed by atoms with Gasteiger partial charge in [0.05, 0.1) is 5.52 Å². The van der Waals surface area contributed by atoms with Crippen LogP contribution < -0.4 is 5.56 Å². The number of aryl methyl sites for hydroxylation is 2. The molecule has 0 bridgehead atoms. The number of rotatable bonds is 7. The Kier molecular flexibility index (Phi) is 9.21. The number of thioether (sulfide) groups is 1. The molecule has 1 N–H and O–H groups in total. The Morgan fingerprint density at radius 2 is 1.68 bits per heavy atom. The van der Waals surface area contributed by atoms with Crippen molar-refractivity contribution in [2.75, 3.05) is 0 Å². The summed E-state index contributed by atoms with van der Waals surface area (Å²) in [5.41, 5.74) is 3.79. The average molecular weight is 398 g/mol. The Labute approximate surface area is 172 Å². The Morgan fingerprint density at radius 3 is 2.36 bits per heavy atom. The van der Waals surface area contributed by atoms with Gasteiger partial charge >= 0.3 is 0 Å². The molecule has 5 heteroatoms. The number of fused-ring (bicyclic) bond motifs is 1. The van der Waals surface area contributed by atoms with E-state index in [9.17, 15) is 4.79 Å². The summed E-state index contributed by atoms with van der Waals surface area (Å²) in [4.78, 5) is 23.1. The number of hydrogen-bond acceptors (Lipinski definition) is 4. The molecule has 0 saturated carbocycles. The van der Waals surface area contributed by atoms with E-state index in [-0.39, 0.29) is 5.56 Å². The molecule has 0 saturated heterocycles. The highest BCUT2D eigenvalue weighted by Gasteiger charge is 2.06. The third-order valence-electron chi connectivity index (χ3n) is 4.44. The highest BCUT2D eigenvalue weighted by Crippen LogP contribution is 2.23. The van der Waals surface area contributed by atoms with E-state index >= 15 is 0 Å². The van der Waals surface area contributed by atoms with E-state index in [4.69, 9.17) is 0 Å². The van der Waals surface area contributed by atoms with Crippen LogP contribution in [-0.2, 0) is 5.75 Å². The van der Waals surface area contributed by atoms with Crippen LogP contribution in [0.1, 0.15) is 62.9 Å². The molecule has 2 aromatic heterocycles. The van der Waals surface area contributed by atoms with E-state index in [1.165, 1.54) is 49.9 Å². The smallest absolute Gasteiger partial charge is 0.251 e. The van der Waals surface area contributed by atoms with Crippen LogP contribution in [0.3, 0.4) is 0 Å². The maximum Gasteiger partial charge on any atom is 0.251 e. The van der Waals surface area contributed by atoms with Gasteiger partial charge in [-0.1, -0.05) is 75.9 Å². The summed E-state index contributed by atoms with van der Waals surface area (Å²) in [6, 6.07) is 11.7. The van der Waals surface area contributed by atoms with Gasteiger partial charge in [-0.2, -0.15) is 0 Å². The van der Waals surface area contributed by atoms with Crippen LogP contribution >= 0.6 is 11.8 Å². The summed E-state index contributed by atoms with van der Waals surface area (Å²) in [5, 5.41) is 1.77. The number of aromatic nitrogens is 3. The molecule has 0 spiro atoms. The minimum Gasteiger partial charge on any atom is -0.301 e. The molecule has 0 aliphatic carbocycles. The molecule has 0 aliphatic heterocycles. The molecule has 150 valence electrons. The molecule has 3 aromatic rings. The lowest BCUT2D eigenvalue weighted by Gasteiger charge is -2.07. The number of nitrogens with one attached hydrogen (secondary N) is 1. The minimum absolute atomic E-state index is 0.113. The molecule has 2 heterocycles. The second-order valence-corrected chi connectivity index (χ2v) is 7.93. The van der Waals surface area contributed by atoms with Gasteiger partial charge in [0.1, 0.15) is 0 Å². The zero-order valence-corrected chi connectivity index (χ0v) is 18.2. The second-order valence-electron chi connectivity index (χ2n) is 6.97. The van der Waals surface area contributed by atoms with Gasteiger partial charge < -0.3 is 4.98 Å². The van der Waals surface area contributed by atoms with Crippen molar-refractivity contribution < 1.29 is 0 Å². The molecule has 0 aliphatic rings. The van der Waals surface area contributed by atoms with Crippen molar-refractivity contribution in [1.82, 2.24) is 15.0 Å². The van der Waals surface area contributed by atoms with Gasteiger partial charge in [0.25, 0.3) is 5.56 Å². The maximum atomic E-state index is 11.4. The molecule has 0 amide bonds. The molecular formula is C23H31N3OS. The van der Waals surface area contributed by atoms with Gasteiger partial charge in [0.2, 0.25) is 0 Å². The topological polar surface area (TPSA) is 58.6 Å². The molecule has 0 atom stereocenters. The number of para-hydroxylation sites is 1. The Hall–Kier alpha value is -2.14. The van der Waals surface area contributed by atoms with E-state index < -0.39 is 0 Å². The monoisotopic (exact) mass is 397 g/mol. The summed E-state index contributed by atoms with van der Waals surface area (Å²) in [6.45, 7) is 8.32. The van der Waals surface area contributed by atoms with E-state index in [2.05, 4.69) is 40.9 Å². The Bertz CT molecular complexity index is 933. The quantitative estimate of drug-likeness (QED) is 0.293. The number of H-pyrrole nitrogens is 1. The van der Waals surface area contributed by atoms with Gasteiger partial charge in [-0.25, -0.2) is 4.98 Å². The van der Waals surface area contributed by atoms with Crippen LogP contribution in [0.25, 0.3) is 10.9 Å². The maximum absolute atomic E-state index is 11.4. The van der Waals surface area contributed by atoms with Crippen molar-refractivity contribution >= 4 is 22.7 Å². The SMILES string of the molecule is CCCCCCC.Cc1cc(=O)[nH]c(SCc2cc3ccccc3nc2C)n1. The molecule has 28 heavy (non-hydrogen) atoms. The van der Waals surface area contributed by atoms with Crippen molar-refractivity contribution in [2.45, 2.75) is 70.7 Å². The third-order valence-corrected chi connectivity index (χ3v) is 5.36. The van der Waals surface area contributed by atoms with Crippen LogP contribution in [0.2, 0.25) is 0 Å². The first-order valence-corrected chi connectivity index (χ1v) is 11.1. The van der Waals surface area contributed by atoms with Crippen molar-refractivity contribution in [3.63, 3.8) is 0 Å². The summed E-state index contributed by atoms with van der Waals surface area (Å²) < 4.78 is 0. The first-order chi connectivity index (χ1) is 13.5. The summed E-state index contributed by atoms with van der Waals surface area (Å²) in [6.07, 6.45) is 7.01. The van der Waals surface area contributed by atoms with Crippen molar-refractivity contribution in [3.05, 3.63) is 63.7 Å².